The number of aryl methyl sites for hydroxylation is 2. The van der Waals surface area contributed by atoms with Crippen LogP contribution in [0.1, 0.15) is 18.4 Å². The molecule has 0 fully saturated rings. The number of fused-ring (bicyclic) bond motifs is 2. The van der Waals surface area contributed by atoms with E-state index < -0.39 is 0 Å². The molecule has 0 unspecified atom stereocenters. The molecule has 0 saturated carbocycles. The van der Waals surface area contributed by atoms with Gasteiger partial charge in [0.25, 0.3) is 0 Å². The van der Waals surface area contributed by atoms with Gasteiger partial charge in [-0.15, -0.1) is 0 Å². The average Bonchev–Trinajstić information content (AvgIpc) is 3.03. The SMILES string of the molecule is O=C(CCn1cnc2ccccc21)Nc1ccc2c(c1)CCC(=O)N2. The molecule has 1 aromatic heterocycles. The Labute approximate surface area is 144 Å². The molecule has 0 aliphatic carbocycles. The Morgan fingerprint density at radius 1 is 1.20 bits per heavy atom. The van der Waals surface area contributed by atoms with Gasteiger partial charge in [-0.05, 0) is 42.3 Å². The third kappa shape index (κ3) is 3.24. The summed E-state index contributed by atoms with van der Waals surface area (Å²) in [5.41, 5.74) is 4.60. The predicted octanol–water partition coefficient (Wildman–Crippen LogP) is 2.95. The number of hydrogen-bond acceptors (Lipinski definition) is 3. The highest BCUT2D eigenvalue weighted by molar-refractivity contribution is 5.95. The Balaban J connectivity index is 1.40. The molecule has 6 nitrogen and oxygen atoms in total. The van der Waals surface area contributed by atoms with Crippen LogP contribution in [0.5, 0.6) is 0 Å². The number of carbonyl (C=O) groups is 2. The van der Waals surface area contributed by atoms with Crippen LogP contribution < -0.4 is 10.6 Å². The van der Waals surface area contributed by atoms with Gasteiger partial charge in [0.15, 0.2) is 0 Å². The van der Waals surface area contributed by atoms with Gasteiger partial charge in [0, 0.05) is 30.8 Å². The van der Waals surface area contributed by atoms with E-state index in [0.29, 0.717) is 25.8 Å². The van der Waals surface area contributed by atoms with E-state index >= 15 is 0 Å². The minimum atomic E-state index is -0.0439. The third-order valence-corrected chi connectivity index (χ3v) is 4.39. The number of nitrogens with zero attached hydrogens (tertiary/aromatic N) is 2. The second-order valence-corrected chi connectivity index (χ2v) is 6.14. The highest BCUT2D eigenvalue weighted by Gasteiger charge is 2.15. The summed E-state index contributed by atoms with van der Waals surface area (Å²) < 4.78 is 1.98. The van der Waals surface area contributed by atoms with E-state index in [1.165, 1.54) is 0 Å². The van der Waals surface area contributed by atoms with Gasteiger partial charge in [-0.3, -0.25) is 9.59 Å². The van der Waals surface area contributed by atoms with Gasteiger partial charge >= 0.3 is 0 Å². The number of amides is 2. The van der Waals surface area contributed by atoms with Crippen LogP contribution in [0.25, 0.3) is 11.0 Å². The molecule has 0 bridgehead atoms. The van der Waals surface area contributed by atoms with Crippen LogP contribution in [0.3, 0.4) is 0 Å². The minimum absolute atomic E-state index is 0.0387. The summed E-state index contributed by atoms with van der Waals surface area (Å²) in [7, 11) is 0. The Hall–Kier alpha value is -3.15. The zero-order valence-electron chi connectivity index (χ0n) is 13.7. The first kappa shape index (κ1) is 15.4. The van der Waals surface area contributed by atoms with Gasteiger partial charge in [0.2, 0.25) is 11.8 Å². The molecule has 25 heavy (non-hydrogen) atoms. The lowest BCUT2D eigenvalue weighted by Crippen LogP contribution is -2.19. The Morgan fingerprint density at radius 3 is 3.00 bits per heavy atom. The lowest BCUT2D eigenvalue weighted by Gasteiger charge is -2.17. The maximum atomic E-state index is 12.2. The van der Waals surface area contributed by atoms with Crippen molar-refractivity contribution in [1.29, 1.82) is 0 Å². The molecular formula is C19H18N4O2. The number of imidazole rings is 1. The Morgan fingerprint density at radius 2 is 2.08 bits per heavy atom. The van der Waals surface area contributed by atoms with Crippen molar-refractivity contribution in [3.63, 3.8) is 0 Å². The van der Waals surface area contributed by atoms with Gasteiger partial charge in [0.1, 0.15) is 0 Å². The number of para-hydroxylation sites is 2. The van der Waals surface area contributed by atoms with Crippen LogP contribution >= 0.6 is 0 Å². The molecule has 4 rings (SSSR count). The van der Waals surface area contributed by atoms with Crippen molar-refractivity contribution in [2.24, 2.45) is 0 Å². The molecule has 126 valence electrons. The van der Waals surface area contributed by atoms with Crippen LogP contribution in [0, 0.1) is 0 Å². The van der Waals surface area contributed by atoms with Gasteiger partial charge in [0.05, 0.1) is 17.4 Å². The van der Waals surface area contributed by atoms with Crippen molar-refractivity contribution in [2.45, 2.75) is 25.8 Å². The van der Waals surface area contributed by atoms with Crippen molar-refractivity contribution in [3.8, 4) is 0 Å². The molecule has 2 heterocycles. The van der Waals surface area contributed by atoms with Crippen molar-refractivity contribution in [3.05, 3.63) is 54.4 Å². The number of aromatic nitrogens is 2. The summed E-state index contributed by atoms with van der Waals surface area (Å²) in [6.07, 6.45) is 3.32. The maximum Gasteiger partial charge on any atom is 0.226 e. The van der Waals surface area contributed by atoms with Gasteiger partial charge < -0.3 is 15.2 Å². The zero-order chi connectivity index (χ0) is 17.2. The summed E-state index contributed by atoms with van der Waals surface area (Å²) in [5, 5.41) is 5.77. The summed E-state index contributed by atoms with van der Waals surface area (Å²) in [6.45, 7) is 0.577. The number of hydrogen-bond donors (Lipinski definition) is 2. The molecule has 6 heteroatoms. The quantitative estimate of drug-likeness (QED) is 0.770. The molecule has 0 saturated heterocycles. The lowest BCUT2D eigenvalue weighted by molar-refractivity contribution is -0.117. The molecule has 2 amide bonds. The van der Waals surface area contributed by atoms with E-state index in [1.54, 1.807) is 6.33 Å². The lowest BCUT2D eigenvalue weighted by atomic mass is 10.0. The molecule has 1 aliphatic heterocycles. The largest absolute Gasteiger partial charge is 0.330 e. The van der Waals surface area contributed by atoms with Crippen LogP contribution in [-0.4, -0.2) is 21.4 Å². The fraction of sp³-hybridized carbons (Fsp3) is 0.211. The zero-order valence-corrected chi connectivity index (χ0v) is 13.7. The highest BCUT2D eigenvalue weighted by atomic mass is 16.2. The smallest absolute Gasteiger partial charge is 0.226 e. The van der Waals surface area contributed by atoms with Crippen LogP contribution in [-0.2, 0) is 22.6 Å². The predicted molar refractivity (Wildman–Crippen MR) is 96.4 cm³/mol. The fourth-order valence-corrected chi connectivity index (χ4v) is 3.10. The van der Waals surface area contributed by atoms with Crippen molar-refractivity contribution >= 4 is 34.2 Å². The number of anilines is 2. The van der Waals surface area contributed by atoms with E-state index in [2.05, 4.69) is 15.6 Å². The van der Waals surface area contributed by atoms with Crippen molar-refractivity contribution < 1.29 is 9.59 Å². The number of benzene rings is 2. The molecule has 0 radical (unpaired) electrons. The first-order valence-corrected chi connectivity index (χ1v) is 8.31. The Kier molecular flexibility index (Phi) is 3.93. The first-order chi connectivity index (χ1) is 12.2. The van der Waals surface area contributed by atoms with E-state index in [9.17, 15) is 9.59 Å². The molecule has 3 aromatic rings. The molecule has 2 aromatic carbocycles. The average molecular weight is 334 g/mol. The van der Waals surface area contributed by atoms with Crippen LogP contribution in [0.15, 0.2) is 48.8 Å². The minimum Gasteiger partial charge on any atom is -0.330 e. The number of rotatable bonds is 4. The maximum absolute atomic E-state index is 12.2. The summed E-state index contributed by atoms with van der Waals surface area (Å²) in [5.74, 6) is -0.00517. The fourth-order valence-electron chi connectivity index (χ4n) is 3.10. The van der Waals surface area contributed by atoms with Crippen molar-refractivity contribution in [2.75, 3.05) is 10.6 Å². The number of carbonyl (C=O) groups excluding carboxylic acids is 2. The van der Waals surface area contributed by atoms with Crippen molar-refractivity contribution in [1.82, 2.24) is 9.55 Å². The van der Waals surface area contributed by atoms with Gasteiger partial charge in [-0.2, -0.15) is 0 Å². The second kappa shape index (κ2) is 6.39. The number of nitrogens with one attached hydrogen (secondary N) is 2. The summed E-state index contributed by atoms with van der Waals surface area (Å²) in [6, 6.07) is 13.5. The summed E-state index contributed by atoms with van der Waals surface area (Å²) >= 11 is 0. The van der Waals surface area contributed by atoms with Gasteiger partial charge in [-0.25, -0.2) is 4.98 Å². The molecule has 1 aliphatic rings. The first-order valence-electron chi connectivity index (χ1n) is 8.31. The van der Waals surface area contributed by atoms with E-state index in [4.69, 9.17) is 0 Å². The van der Waals surface area contributed by atoms with E-state index in [1.807, 2.05) is 47.0 Å². The van der Waals surface area contributed by atoms with E-state index in [0.717, 1.165) is 28.0 Å². The second-order valence-electron chi connectivity index (χ2n) is 6.14. The topological polar surface area (TPSA) is 76.0 Å². The third-order valence-electron chi connectivity index (χ3n) is 4.39. The molecule has 0 atom stereocenters. The molecular weight excluding hydrogens is 316 g/mol. The molecule has 2 N–H and O–H groups in total. The molecule has 0 spiro atoms. The summed E-state index contributed by atoms with van der Waals surface area (Å²) in [4.78, 5) is 28.0. The highest BCUT2D eigenvalue weighted by Crippen LogP contribution is 2.25. The normalized spacial score (nSPS) is 13.4. The van der Waals surface area contributed by atoms with Gasteiger partial charge in [-0.1, -0.05) is 12.1 Å². The Bertz CT molecular complexity index is 961. The standard InChI is InChI=1S/C19H18N4O2/c24-18-8-5-13-11-14(6-7-15(13)22-18)21-19(25)9-10-23-12-20-16-3-1-2-4-17(16)23/h1-4,6-7,11-12H,5,8-10H2,(H,21,25)(H,22,24). The monoisotopic (exact) mass is 334 g/mol. The van der Waals surface area contributed by atoms with Crippen LogP contribution in [0.4, 0.5) is 11.4 Å². The van der Waals surface area contributed by atoms with Crippen LogP contribution in [0.2, 0.25) is 0 Å². The van der Waals surface area contributed by atoms with E-state index in [-0.39, 0.29) is 11.8 Å².